The zero-order valence-electron chi connectivity index (χ0n) is 10.2. The third-order valence-corrected chi connectivity index (χ3v) is 2.18. The van der Waals surface area contributed by atoms with Crippen LogP contribution in [0.5, 0.6) is 0 Å². The smallest absolute Gasteiger partial charge is 0.343 e. The van der Waals surface area contributed by atoms with Crippen molar-refractivity contribution in [2.24, 2.45) is 0 Å². The molecule has 1 rings (SSSR count). The van der Waals surface area contributed by atoms with E-state index in [0.29, 0.717) is 5.69 Å². The van der Waals surface area contributed by atoms with Gasteiger partial charge in [0.25, 0.3) is 5.91 Å². The molecule has 1 aromatic rings. The standard InChI is InChI=1S/C12H13F3N2O2/c1-2-10(18)17-9-5-3-4-8(6-9)11(19)16-7-12(13,14)15/h3-6H,2,7H2,1H3,(H,16,19)(H,17,18). The van der Waals surface area contributed by atoms with Crippen LogP contribution in [0.15, 0.2) is 24.3 Å². The molecule has 0 bridgehead atoms. The molecule has 0 saturated heterocycles. The van der Waals surface area contributed by atoms with E-state index in [1.807, 2.05) is 0 Å². The number of carbonyl (C=O) groups excluding carboxylic acids is 2. The number of hydrogen-bond donors (Lipinski definition) is 2. The van der Waals surface area contributed by atoms with Crippen molar-refractivity contribution in [3.63, 3.8) is 0 Å². The molecule has 0 aliphatic heterocycles. The molecule has 104 valence electrons. The number of carbonyl (C=O) groups is 2. The SMILES string of the molecule is CCC(=O)Nc1cccc(C(=O)NCC(F)(F)F)c1. The summed E-state index contributed by atoms with van der Waals surface area (Å²) in [5.41, 5.74) is 0.421. The Labute approximate surface area is 108 Å². The largest absolute Gasteiger partial charge is 0.405 e. The monoisotopic (exact) mass is 274 g/mol. The minimum Gasteiger partial charge on any atom is -0.343 e. The van der Waals surface area contributed by atoms with Crippen molar-refractivity contribution in [2.75, 3.05) is 11.9 Å². The van der Waals surface area contributed by atoms with Crippen LogP contribution in [0, 0.1) is 0 Å². The second-order valence-electron chi connectivity index (χ2n) is 3.78. The van der Waals surface area contributed by atoms with E-state index in [-0.39, 0.29) is 17.9 Å². The summed E-state index contributed by atoms with van der Waals surface area (Å²) in [4.78, 5) is 22.6. The zero-order chi connectivity index (χ0) is 14.5. The second kappa shape index (κ2) is 6.21. The van der Waals surface area contributed by atoms with Crippen molar-refractivity contribution in [2.45, 2.75) is 19.5 Å². The van der Waals surface area contributed by atoms with Crippen LogP contribution in [0.4, 0.5) is 18.9 Å². The number of amides is 2. The van der Waals surface area contributed by atoms with Crippen LogP contribution in [0.25, 0.3) is 0 Å². The van der Waals surface area contributed by atoms with Gasteiger partial charge in [0, 0.05) is 17.7 Å². The fraction of sp³-hybridized carbons (Fsp3) is 0.333. The van der Waals surface area contributed by atoms with Crippen molar-refractivity contribution in [1.82, 2.24) is 5.32 Å². The lowest BCUT2D eigenvalue weighted by Gasteiger charge is -2.09. The summed E-state index contributed by atoms with van der Waals surface area (Å²) in [6.07, 6.45) is -4.19. The average molecular weight is 274 g/mol. The number of nitrogens with one attached hydrogen (secondary N) is 2. The quantitative estimate of drug-likeness (QED) is 0.885. The molecule has 0 unspecified atom stereocenters. The van der Waals surface area contributed by atoms with Crippen LogP contribution in [-0.4, -0.2) is 24.5 Å². The van der Waals surface area contributed by atoms with E-state index >= 15 is 0 Å². The van der Waals surface area contributed by atoms with Gasteiger partial charge in [-0.25, -0.2) is 0 Å². The summed E-state index contributed by atoms with van der Waals surface area (Å²) in [6, 6.07) is 5.72. The van der Waals surface area contributed by atoms with Gasteiger partial charge in [0.05, 0.1) is 0 Å². The highest BCUT2D eigenvalue weighted by atomic mass is 19.4. The maximum Gasteiger partial charge on any atom is 0.405 e. The number of rotatable bonds is 4. The molecule has 0 fully saturated rings. The first-order chi connectivity index (χ1) is 8.81. The molecule has 2 N–H and O–H groups in total. The number of anilines is 1. The highest BCUT2D eigenvalue weighted by Crippen LogP contribution is 2.14. The summed E-state index contributed by atoms with van der Waals surface area (Å²) >= 11 is 0. The highest BCUT2D eigenvalue weighted by Gasteiger charge is 2.27. The van der Waals surface area contributed by atoms with Crippen molar-refractivity contribution in [3.8, 4) is 0 Å². The topological polar surface area (TPSA) is 58.2 Å². The molecule has 1 aromatic carbocycles. The molecule has 0 aliphatic rings. The van der Waals surface area contributed by atoms with Gasteiger partial charge in [0.1, 0.15) is 6.54 Å². The molecule has 0 aromatic heterocycles. The van der Waals surface area contributed by atoms with Crippen LogP contribution in [0.3, 0.4) is 0 Å². The normalized spacial score (nSPS) is 10.9. The summed E-state index contributed by atoms with van der Waals surface area (Å²) in [6.45, 7) is 0.270. The van der Waals surface area contributed by atoms with Gasteiger partial charge in [-0.1, -0.05) is 13.0 Å². The molecule has 0 heterocycles. The third kappa shape index (κ3) is 5.41. The molecule has 0 saturated carbocycles. The lowest BCUT2D eigenvalue weighted by atomic mass is 10.2. The molecule has 19 heavy (non-hydrogen) atoms. The summed E-state index contributed by atoms with van der Waals surface area (Å²) in [5.74, 6) is -1.09. The Morgan fingerprint density at radius 1 is 1.26 bits per heavy atom. The van der Waals surface area contributed by atoms with E-state index in [4.69, 9.17) is 0 Å². The average Bonchev–Trinajstić information content (AvgIpc) is 2.35. The van der Waals surface area contributed by atoms with Gasteiger partial charge >= 0.3 is 6.18 Å². The molecule has 4 nitrogen and oxygen atoms in total. The predicted molar refractivity (Wildman–Crippen MR) is 63.8 cm³/mol. The molecule has 2 amide bonds. The van der Waals surface area contributed by atoms with Gasteiger partial charge in [0.2, 0.25) is 5.91 Å². The first kappa shape index (κ1) is 15.0. The van der Waals surface area contributed by atoms with Crippen LogP contribution >= 0.6 is 0 Å². The van der Waals surface area contributed by atoms with E-state index in [0.717, 1.165) is 0 Å². The van der Waals surface area contributed by atoms with Crippen molar-refractivity contribution >= 4 is 17.5 Å². The molecule has 7 heteroatoms. The number of alkyl halides is 3. The Kier molecular flexibility index (Phi) is 4.91. The number of halogens is 3. The third-order valence-electron chi connectivity index (χ3n) is 2.18. The van der Waals surface area contributed by atoms with E-state index in [1.165, 1.54) is 18.2 Å². The Bertz CT molecular complexity index is 472. The van der Waals surface area contributed by atoms with Gasteiger partial charge in [-0.3, -0.25) is 9.59 Å². The van der Waals surface area contributed by atoms with E-state index in [2.05, 4.69) is 5.32 Å². The second-order valence-corrected chi connectivity index (χ2v) is 3.78. The van der Waals surface area contributed by atoms with Gasteiger partial charge < -0.3 is 10.6 Å². The molecular formula is C12H13F3N2O2. The molecular weight excluding hydrogens is 261 g/mol. The fourth-order valence-electron chi connectivity index (χ4n) is 1.27. The molecule has 0 aliphatic carbocycles. The summed E-state index contributed by atoms with van der Waals surface area (Å²) < 4.78 is 35.9. The van der Waals surface area contributed by atoms with Crippen LogP contribution in [-0.2, 0) is 4.79 Å². The highest BCUT2D eigenvalue weighted by molar-refractivity contribution is 5.97. The van der Waals surface area contributed by atoms with E-state index in [1.54, 1.807) is 18.3 Å². The minimum absolute atomic E-state index is 0.0538. The Hall–Kier alpha value is -2.05. The van der Waals surface area contributed by atoms with Crippen LogP contribution in [0.1, 0.15) is 23.7 Å². The van der Waals surface area contributed by atoms with E-state index in [9.17, 15) is 22.8 Å². The summed E-state index contributed by atoms with van der Waals surface area (Å²) in [7, 11) is 0. The van der Waals surface area contributed by atoms with Crippen molar-refractivity contribution in [3.05, 3.63) is 29.8 Å². The van der Waals surface area contributed by atoms with Crippen molar-refractivity contribution in [1.29, 1.82) is 0 Å². The fourth-order valence-corrected chi connectivity index (χ4v) is 1.27. The van der Waals surface area contributed by atoms with Gasteiger partial charge in [-0.05, 0) is 18.2 Å². The molecule has 0 spiro atoms. The lowest BCUT2D eigenvalue weighted by Crippen LogP contribution is -2.33. The van der Waals surface area contributed by atoms with Gasteiger partial charge in [-0.15, -0.1) is 0 Å². The number of hydrogen-bond acceptors (Lipinski definition) is 2. The van der Waals surface area contributed by atoms with Gasteiger partial charge in [-0.2, -0.15) is 13.2 Å². The maximum absolute atomic E-state index is 12.0. The maximum atomic E-state index is 12.0. The zero-order valence-corrected chi connectivity index (χ0v) is 10.2. The first-order valence-electron chi connectivity index (χ1n) is 5.56. The lowest BCUT2D eigenvalue weighted by molar-refractivity contribution is -0.123. The van der Waals surface area contributed by atoms with Crippen LogP contribution in [0.2, 0.25) is 0 Å². The Morgan fingerprint density at radius 2 is 1.95 bits per heavy atom. The van der Waals surface area contributed by atoms with Crippen LogP contribution < -0.4 is 10.6 Å². The van der Waals surface area contributed by atoms with Crippen molar-refractivity contribution < 1.29 is 22.8 Å². The first-order valence-corrected chi connectivity index (χ1v) is 5.56. The summed E-state index contributed by atoms with van der Waals surface area (Å²) in [5, 5.41) is 4.27. The van der Waals surface area contributed by atoms with Gasteiger partial charge in [0.15, 0.2) is 0 Å². The Morgan fingerprint density at radius 3 is 2.53 bits per heavy atom. The number of benzene rings is 1. The van der Waals surface area contributed by atoms with E-state index < -0.39 is 18.6 Å². The molecule has 0 radical (unpaired) electrons. The predicted octanol–water partition coefficient (Wildman–Crippen LogP) is 2.33. The molecule has 0 atom stereocenters. The minimum atomic E-state index is -4.45. The Balaban J connectivity index is 2.70.